The Kier molecular flexibility index (Phi) is 21.7. The van der Waals surface area contributed by atoms with Crippen LogP contribution in [0.3, 0.4) is 0 Å². The number of hydrogen-bond donors (Lipinski definition) is 10. The Balaban J connectivity index is 1.06. The van der Waals surface area contributed by atoms with Crippen molar-refractivity contribution in [2.24, 2.45) is 11.5 Å². The number of para-hydroxylation sites is 2. The summed E-state index contributed by atoms with van der Waals surface area (Å²) in [6.07, 6.45) is -5.75. The van der Waals surface area contributed by atoms with Gasteiger partial charge in [0.05, 0.1) is 45.7 Å². The third kappa shape index (κ3) is 15.9. The summed E-state index contributed by atoms with van der Waals surface area (Å²) < 4.78 is 74.7. The van der Waals surface area contributed by atoms with Crippen LogP contribution in [0.5, 0.6) is 0 Å². The number of aliphatic hydroxyl groups is 4. The number of nitrogens with one attached hydrogen (secondary N) is 3. The number of pyridine rings is 1. The molecule has 4 amide bonds. The topological polar surface area (TPSA) is 351 Å². The van der Waals surface area contributed by atoms with E-state index in [0.717, 1.165) is 9.87 Å². The van der Waals surface area contributed by atoms with Crippen LogP contribution in [0.2, 0.25) is 0 Å². The van der Waals surface area contributed by atoms with Gasteiger partial charge in [0.25, 0.3) is 26.0 Å². The Bertz CT molecular complexity index is 2640. The molecule has 0 radical (unpaired) electrons. The Morgan fingerprint density at radius 1 is 0.764 bits per heavy atom. The number of rotatable bonds is 28. The smallest absolute Gasteiger partial charge is 0.269 e. The fourth-order valence-electron chi connectivity index (χ4n) is 8.29. The molecule has 1 aliphatic rings. The van der Waals surface area contributed by atoms with E-state index in [0.29, 0.717) is 47.6 Å². The zero-order chi connectivity index (χ0) is 52.6. The molecule has 1 fully saturated rings. The van der Waals surface area contributed by atoms with Crippen molar-refractivity contribution in [3.63, 3.8) is 0 Å². The molecule has 396 valence electrons. The number of nitrogens with two attached hydrogens (primary N) is 2. The number of aliphatic hydroxyl groups excluding tert-OH is 4. The molecule has 0 unspecified atom stereocenters. The van der Waals surface area contributed by atoms with E-state index in [4.69, 9.17) is 20.9 Å². The van der Waals surface area contributed by atoms with Crippen LogP contribution in [0.1, 0.15) is 73.7 Å². The molecule has 1 aliphatic heterocycles. The number of aromatic nitrogens is 1. The molecule has 7 atom stereocenters. The first kappa shape index (κ1) is 57.6. The van der Waals surface area contributed by atoms with Gasteiger partial charge in [0.1, 0.15) is 24.4 Å². The summed E-state index contributed by atoms with van der Waals surface area (Å²) in [6, 6.07) is 18.9. The van der Waals surface area contributed by atoms with Gasteiger partial charge in [-0.3, -0.25) is 23.7 Å². The monoisotopic (exact) mass is 1050 g/mol. The van der Waals surface area contributed by atoms with Gasteiger partial charge in [0.2, 0.25) is 28.8 Å². The first-order valence-corrected chi connectivity index (χ1v) is 27.0. The average Bonchev–Trinajstić information content (AvgIpc) is 3.35. The van der Waals surface area contributed by atoms with Crippen LogP contribution in [-0.2, 0) is 50.5 Å². The predicted octanol–water partition coefficient (Wildman–Crippen LogP) is -0.362. The highest BCUT2D eigenvalue weighted by Crippen LogP contribution is 2.30. The number of nitrogens with zero attached hydrogens (tertiary/aromatic N) is 2. The molecule has 0 saturated carbocycles. The molecule has 0 bridgehead atoms. The van der Waals surface area contributed by atoms with E-state index < -0.39 is 93.1 Å². The van der Waals surface area contributed by atoms with Crippen LogP contribution in [0.4, 0.5) is 0 Å². The predicted molar refractivity (Wildman–Crippen MR) is 264 cm³/mol. The maximum atomic E-state index is 14.8. The number of aryl methyl sites for hydroxylation is 2. The Hall–Kier alpha value is -5.25. The third-order valence-electron chi connectivity index (χ3n) is 12.3. The van der Waals surface area contributed by atoms with Crippen molar-refractivity contribution < 1.29 is 75.0 Å². The normalized spacial score (nSPS) is 19.1. The molecule has 24 heteroatoms. The maximum Gasteiger partial charge on any atom is 0.269 e. The number of carbonyl (C=O) groups is 4. The van der Waals surface area contributed by atoms with Crippen molar-refractivity contribution in [3.8, 4) is 0 Å². The Labute approximate surface area is 418 Å². The molecular formula is C48H68N7O15S2+. The van der Waals surface area contributed by atoms with E-state index in [1.54, 1.807) is 67.6 Å². The van der Waals surface area contributed by atoms with Gasteiger partial charge >= 0.3 is 0 Å². The van der Waals surface area contributed by atoms with Crippen molar-refractivity contribution in [1.82, 2.24) is 20.3 Å². The van der Waals surface area contributed by atoms with E-state index in [1.165, 1.54) is 12.1 Å². The standard InChI is InChI=1S/C48H67N7O15S2/c1-31-17-20-33(21-18-31)72(67,68)55(47(63)42-34-11-4-6-13-37(34)54(26-10-28-71(64,65)66)38-14-7-5-12-35(38)42)27-9-16-41(58)52-25-24-51-40(57)15-3-2-8-23-53-46(62)36(50)22-19-32(29-49)69-48-45(61)44(60)43(59)39(30-56)70-48/h4-7,11-14,17-18,20-21,32,36,39,43-45,48,56,59-61H,2-3,8-10,15-16,19,22-30,49-50H2,1H3,(H3-,51,52,53,57,58,62,64,65,66)/p+1/t32-,36+,39-,43+,44+,45-,48-/m1/s1. The van der Waals surface area contributed by atoms with Gasteiger partial charge in [-0.1, -0.05) is 48.4 Å². The fraction of sp³-hybridized carbons (Fsp3) is 0.521. The number of fused-ring (bicyclic) bond motifs is 2. The molecule has 0 aliphatic carbocycles. The van der Waals surface area contributed by atoms with E-state index in [9.17, 15) is 61.0 Å². The van der Waals surface area contributed by atoms with Gasteiger partial charge in [0, 0.05) is 64.1 Å². The van der Waals surface area contributed by atoms with Gasteiger partial charge in [-0.05, 0) is 63.3 Å². The van der Waals surface area contributed by atoms with E-state index >= 15 is 0 Å². The van der Waals surface area contributed by atoms with Crippen molar-refractivity contribution in [3.05, 3.63) is 83.9 Å². The van der Waals surface area contributed by atoms with Crippen molar-refractivity contribution in [2.75, 3.05) is 45.1 Å². The number of amides is 4. The second-order valence-electron chi connectivity index (χ2n) is 17.7. The van der Waals surface area contributed by atoms with Gasteiger partial charge < -0.3 is 57.3 Å². The molecular weight excluding hydrogens is 979 g/mol. The van der Waals surface area contributed by atoms with Gasteiger partial charge in [-0.25, -0.2) is 12.7 Å². The second-order valence-corrected chi connectivity index (χ2v) is 21.1. The van der Waals surface area contributed by atoms with Crippen LogP contribution in [-0.4, -0.2) is 158 Å². The minimum atomic E-state index is -4.46. The number of unbranched alkanes of at least 4 members (excludes halogenated alkanes) is 2. The van der Waals surface area contributed by atoms with E-state index in [1.807, 2.05) is 4.57 Å². The first-order valence-electron chi connectivity index (χ1n) is 23.9. The van der Waals surface area contributed by atoms with Crippen LogP contribution < -0.4 is 32.0 Å². The molecule has 3 aromatic carbocycles. The molecule has 1 saturated heterocycles. The third-order valence-corrected chi connectivity index (χ3v) is 14.9. The number of carbonyl (C=O) groups excluding carboxylic acids is 4. The van der Waals surface area contributed by atoms with Gasteiger partial charge in [-0.2, -0.15) is 13.0 Å². The zero-order valence-electron chi connectivity index (χ0n) is 40.2. The molecule has 22 nitrogen and oxygen atoms in total. The van der Waals surface area contributed by atoms with Crippen LogP contribution in [0.15, 0.2) is 77.7 Å². The summed E-state index contributed by atoms with van der Waals surface area (Å²) in [6.45, 7) is 1.53. The maximum absolute atomic E-state index is 14.8. The summed E-state index contributed by atoms with van der Waals surface area (Å²) >= 11 is 0. The lowest BCUT2D eigenvalue weighted by molar-refractivity contribution is -0.645. The average molecular weight is 1050 g/mol. The minimum Gasteiger partial charge on any atom is -0.394 e. The van der Waals surface area contributed by atoms with Crippen molar-refractivity contribution >= 4 is 65.6 Å². The Morgan fingerprint density at radius 2 is 1.36 bits per heavy atom. The highest BCUT2D eigenvalue weighted by Gasteiger charge is 2.45. The number of sulfonamides is 1. The minimum absolute atomic E-state index is 0.0218. The molecule has 2 heterocycles. The number of hydrogen-bond acceptors (Lipinski definition) is 16. The van der Waals surface area contributed by atoms with Crippen molar-refractivity contribution in [2.45, 2.75) is 119 Å². The Morgan fingerprint density at radius 3 is 1.94 bits per heavy atom. The summed E-state index contributed by atoms with van der Waals surface area (Å²) in [4.78, 5) is 52.7. The second kappa shape index (κ2) is 27.2. The van der Waals surface area contributed by atoms with Crippen LogP contribution in [0, 0.1) is 6.92 Å². The largest absolute Gasteiger partial charge is 0.394 e. The molecule has 12 N–H and O–H groups in total. The summed E-state index contributed by atoms with van der Waals surface area (Å²) in [5.74, 6) is -2.37. The van der Waals surface area contributed by atoms with Crippen LogP contribution >= 0.6 is 0 Å². The van der Waals surface area contributed by atoms with E-state index in [-0.39, 0.29) is 87.6 Å². The van der Waals surface area contributed by atoms with E-state index in [2.05, 4.69) is 16.0 Å². The summed E-state index contributed by atoms with van der Waals surface area (Å²) in [5.41, 5.74) is 13.8. The van der Waals surface area contributed by atoms with Crippen LogP contribution in [0.25, 0.3) is 21.8 Å². The fourth-order valence-corrected chi connectivity index (χ4v) is 10.2. The number of benzene rings is 3. The SMILES string of the molecule is Cc1ccc(S(=O)(=O)N(CCCC(=O)NCCNC(=O)CCCCCNC(=O)[C@@H](N)CC[C@H](CN)O[C@@H]2O[C@H](CO)[C@H](O)[C@H](O)[C@H]2O)C(=O)c2c3ccccc3[n+](CCCS(=O)(=O)O)c3ccccc23)cc1. The van der Waals surface area contributed by atoms with Crippen molar-refractivity contribution in [1.29, 1.82) is 0 Å². The lowest BCUT2D eigenvalue weighted by atomic mass is 9.99. The summed E-state index contributed by atoms with van der Waals surface area (Å²) in [7, 11) is -8.70. The molecule has 4 aromatic rings. The highest BCUT2D eigenvalue weighted by molar-refractivity contribution is 7.89. The molecule has 0 spiro atoms. The van der Waals surface area contributed by atoms with Gasteiger partial charge in [0.15, 0.2) is 12.8 Å². The first-order chi connectivity index (χ1) is 34.3. The lowest BCUT2D eigenvalue weighted by Crippen LogP contribution is -2.60. The van der Waals surface area contributed by atoms with Gasteiger partial charge in [-0.15, -0.1) is 0 Å². The quantitative estimate of drug-likeness (QED) is 0.0150. The zero-order valence-corrected chi connectivity index (χ0v) is 41.8. The molecule has 5 rings (SSSR count). The number of ether oxygens (including phenoxy) is 2. The molecule has 72 heavy (non-hydrogen) atoms. The molecule has 1 aromatic heterocycles. The lowest BCUT2D eigenvalue weighted by Gasteiger charge is -2.40. The highest BCUT2D eigenvalue weighted by atomic mass is 32.2. The summed E-state index contributed by atoms with van der Waals surface area (Å²) in [5, 5.41) is 48.6.